The normalized spacial score (nSPS) is 13.2. The summed E-state index contributed by atoms with van der Waals surface area (Å²) in [6.07, 6.45) is 2.42. The van der Waals surface area contributed by atoms with Crippen LogP contribution < -0.4 is 0 Å². The first-order valence-corrected chi connectivity index (χ1v) is 6.10. The second-order valence-corrected chi connectivity index (χ2v) is 4.69. The lowest BCUT2D eigenvalue weighted by Gasteiger charge is -2.09. The molecule has 0 saturated carbocycles. The minimum atomic E-state index is -0.401. The van der Waals surface area contributed by atoms with E-state index >= 15 is 0 Å². The van der Waals surface area contributed by atoms with Crippen LogP contribution in [-0.4, -0.2) is 35.1 Å². The molecule has 0 amide bonds. The summed E-state index contributed by atoms with van der Waals surface area (Å²) in [6.45, 7) is 4.85. The van der Waals surface area contributed by atoms with Gasteiger partial charge in [0, 0.05) is 20.1 Å². The molecule has 0 aromatic carbocycles. The highest BCUT2D eigenvalue weighted by Crippen LogP contribution is 2.10. The Labute approximate surface area is 102 Å². The molecule has 5 nitrogen and oxygen atoms in total. The maximum atomic E-state index is 9.75. The summed E-state index contributed by atoms with van der Waals surface area (Å²) in [4.78, 5) is 4.24. The van der Waals surface area contributed by atoms with Crippen molar-refractivity contribution in [1.82, 2.24) is 10.1 Å². The fraction of sp³-hybridized carbons (Fsp3) is 0.833. The van der Waals surface area contributed by atoms with Crippen LogP contribution in [0.5, 0.6) is 0 Å². The average molecular weight is 242 g/mol. The van der Waals surface area contributed by atoms with E-state index in [2.05, 4.69) is 24.0 Å². The maximum Gasteiger partial charge on any atom is 0.229 e. The van der Waals surface area contributed by atoms with Crippen molar-refractivity contribution in [2.24, 2.45) is 5.92 Å². The summed E-state index contributed by atoms with van der Waals surface area (Å²) in [7, 11) is 1.67. The van der Waals surface area contributed by atoms with Crippen molar-refractivity contribution >= 4 is 0 Å². The SMILES string of the molecule is COCCCc1noc(CC(O)CC(C)C)n1. The maximum absolute atomic E-state index is 9.75. The second-order valence-electron chi connectivity index (χ2n) is 4.69. The molecule has 1 atom stereocenters. The molecular formula is C12H22N2O3. The number of rotatable bonds is 8. The molecule has 0 aliphatic rings. The van der Waals surface area contributed by atoms with E-state index in [0.717, 1.165) is 19.3 Å². The number of hydrogen-bond acceptors (Lipinski definition) is 5. The Morgan fingerprint density at radius 2 is 2.18 bits per heavy atom. The predicted octanol–water partition coefficient (Wildman–Crippen LogP) is 1.60. The van der Waals surface area contributed by atoms with Gasteiger partial charge in [0.1, 0.15) is 0 Å². The average Bonchev–Trinajstić information content (AvgIpc) is 2.64. The van der Waals surface area contributed by atoms with Gasteiger partial charge in [-0.1, -0.05) is 19.0 Å². The van der Waals surface area contributed by atoms with Gasteiger partial charge in [0.15, 0.2) is 5.82 Å². The molecule has 1 aromatic heterocycles. The Balaban J connectivity index is 2.34. The Hall–Kier alpha value is -0.940. The molecule has 0 saturated heterocycles. The van der Waals surface area contributed by atoms with Crippen molar-refractivity contribution in [2.75, 3.05) is 13.7 Å². The number of nitrogens with zero attached hydrogens (tertiary/aromatic N) is 2. The first-order chi connectivity index (χ1) is 8.11. The zero-order valence-corrected chi connectivity index (χ0v) is 10.8. The number of aliphatic hydroxyl groups excluding tert-OH is 1. The number of aryl methyl sites for hydroxylation is 1. The summed E-state index contributed by atoms with van der Waals surface area (Å²) >= 11 is 0. The number of aromatic nitrogens is 2. The zero-order chi connectivity index (χ0) is 12.7. The van der Waals surface area contributed by atoms with E-state index in [0.29, 0.717) is 30.7 Å². The van der Waals surface area contributed by atoms with Gasteiger partial charge in [-0.25, -0.2) is 0 Å². The molecule has 1 heterocycles. The summed E-state index contributed by atoms with van der Waals surface area (Å²) in [5, 5.41) is 13.6. The topological polar surface area (TPSA) is 68.4 Å². The molecule has 0 radical (unpaired) electrons. The minimum Gasteiger partial charge on any atom is -0.393 e. The molecule has 98 valence electrons. The van der Waals surface area contributed by atoms with E-state index in [1.165, 1.54) is 0 Å². The van der Waals surface area contributed by atoms with Gasteiger partial charge in [0.25, 0.3) is 0 Å². The zero-order valence-electron chi connectivity index (χ0n) is 10.8. The third-order valence-electron chi connectivity index (χ3n) is 2.41. The molecule has 17 heavy (non-hydrogen) atoms. The van der Waals surface area contributed by atoms with Gasteiger partial charge >= 0.3 is 0 Å². The fourth-order valence-electron chi connectivity index (χ4n) is 1.68. The first-order valence-electron chi connectivity index (χ1n) is 6.10. The Morgan fingerprint density at radius 3 is 2.82 bits per heavy atom. The van der Waals surface area contributed by atoms with Crippen LogP contribution in [0.3, 0.4) is 0 Å². The molecule has 0 fully saturated rings. The van der Waals surface area contributed by atoms with Crippen molar-refractivity contribution < 1.29 is 14.4 Å². The Morgan fingerprint density at radius 1 is 1.41 bits per heavy atom. The lowest BCUT2D eigenvalue weighted by molar-refractivity contribution is 0.138. The van der Waals surface area contributed by atoms with Crippen LogP contribution in [0.25, 0.3) is 0 Å². The van der Waals surface area contributed by atoms with Crippen LogP contribution >= 0.6 is 0 Å². The summed E-state index contributed by atoms with van der Waals surface area (Å²) in [5.74, 6) is 1.67. The van der Waals surface area contributed by atoms with Gasteiger partial charge in [-0.2, -0.15) is 4.98 Å². The Bertz CT molecular complexity index is 312. The van der Waals surface area contributed by atoms with Gasteiger partial charge in [0.2, 0.25) is 5.89 Å². The fourth-order valence-corrected chi connectivity index (χ4v) is 1.68. The third-order valence-corrected chi connectivity index (χ3v) is 2.41. The van der Waals surface area contributed by atoms with Crippen LogP contribution in [-0.2, 0) is 17.6 Å². The van der Waals surface area contributed by atoms with E-state index in [-0.39, 0.29) is 0 Å². The number of hydrogen-bond donors (Lipinski definition) is 1. The second kappa shape index (κ2) is 7.40. The molecule has 5 heteroatoms. The third kappa shape index (κ3) is 5.79. The first kappa shape index (κ1) is 14.1. The smallest absolute Gasteiger partial charge is 0.229 e. The summed E-state index contributed by atoms with van der Waals surface area (Å²) < 4.78 is 10.0. The molecule has 1 N–H and O–H groups in total. The molecule has 0 bridgehead atoms. The standard InChI is InChI=1S/C12H22N2O3/c1-9(2)7-10(15)8-12-13-11(14-17-12)5-4-6-16-3/h9-10,15H,4-8H2,1-3H3. The lowest BCUT2D eigenvalue weighted by atomic mass is 10.0. The van der Waals surface area contributed by atoms with Crippen LogP contribution in [0, 0.1) is 5.92 Å². The van der Waals surface area contributed by atoms with Crippen molar-refractivity contribution in [3.63, 3.8) is 0 Å². The van der Waals surface area contributed by atoms with Gasteiger partial charge in [0.05, 0.1) is 12.5 Å². The predicted molar refractivity (Wildman–Crippen MR) is 63.7 cm³/mol. The number of aliphatic hydroxyl groups is 1. The summed E-state index contributed by atoms with van der Waals surface area (Å²) in [5.41, 5.74) is 0. The summed E-state index contributed by atoms with van der Waals surface area (Å²) in [6, 6.07) is 0. The van der Waals surface area contributed by atoms with Gasteiger partial charge in [-0.05, 0) is 18.8 Å². The highest BCUT2D eigenvalue weighted by molar-refractivity contribution is 4.88. The van der Waals surface area contributed by atoms with E-state index in [4.69, 9.17) is 9.26 Å². The lowest BCUT2D eigenvalue weighted by Crippen LogP contribution is -2.13. The van der Waals surface area contributed by atoms with Crippen molar-refractivity contribution in [3.05, 3.63) is 11.7 Å². The van der Waals surface area contributed by atoms with Crippen LogP contribution in [0.15, 0.2) is 4.52 Å². The Kier molecular flexibility index (Phi) is 6.15. The monoisotopic (exact) mass is 242 g/mol. The number of methoxy groups -OCH3 is 1. The van der Waals surface area contributed by atoms with Crippen LogP contribution in [0.1, 0.15) is 38.4 Å². The van der Waals surface area contributed by atoms with E-state index in [9.17, 15) is 5.11 Å². The largest absolute Gasteiger partial charge is 0.393 e. The minimum absolute atomic E-state index is 0.401. The van der Waals surface area contributed by atoms with Gasteiger partial charge in [-0.3, -0.25) is 0 Å². The van der Waals surface area contributed by atoms with E-state index < -0.39 is 6.10 Å². The quantitative estimate of drug-likeness (QED) is 0.701. The highest BCUT2D eigenvalue weighted by atomic mass is 16.5. The van der Waals surface area contributed by atoms with Crippen LogP contribution in [0.2, 0.25) is 0 Å². The molecule has 0 spiro atoms. The van der Waals surface area contributed by atoms with Crippen molar-refractivity contribution in [2.45, 2.75) is 45.6 Å². The molecule has 1 unspecified atom stereocenters. The van der Waals surface area contributed by atoms with Crippen LogP contribution in [0.4, 0.5) is 0 Å². The highest BCUT2D eigenvalue weighted by Gasteiger charge is 2.13. The number of ether oxygens (including phenoxy) is 1. The molecule has 1 aromatic rings. The molecular weight excluding hydrogens is 220 g/mol. The molecule has 0 aliphatic heterocycles. The molecule has 0 aliphatic carbocycles. The molecule has 1 rings (SSSR count). The van der Waals surface area contributed by atoms with E-state index in [1.807, 2.05) is 0 Å². The van der Waals surface area contributed by atoms with Gasteiger partial charge in [-0.15, -0.1) is 0 Å². The van der Waals surface area contributed by atoms with E-state index in [1.54, 1.807) is 7.11 Å². The van der Waals surface area contributed by atoms with Crippen molar-refractivity contribution in [1.29, 1.82) is 0 Å². The van der Waals surface area contributed by atoms with Crippen molar-refractivity contribution in [3.8, 4) is 0 Å². The van der Waals surface area contributed by atoms with Gasteiger partial charge < -0.3 is 14.4 Å².